The second-order valence-corrected chi connectivity index (χ2v) is 3.61. The first-order chi connectivity index (χ1) is 7.19. The Hall–Kier alpha value is -1.41. The van der Waals surface area contributed by atoms with Crippen LogP contribution in [0.3, 0.4) is 0 Å². The van der Waals surface area contributed by atoms with Gasteiger partial charge in [-0.1, -0.05) is 43.3 Å². The van der Waals surface area contributed by atoms with Crippen LogP contribution >= 0.6 is 0 Å². The first-order valence-corrected chi connectivity index (χ1v) is 5.05. The third-order valence-corrected chi connectivity index (χ3v) is 2.35. The highest BCUT2D eigenvalue weighted by atomic mass is 16.3. The van der Waals surface area contributed by atoms with Crippen molar-refractivity contribution in [3.63, 3.8) is 0 Å². The summed E-state index contributed by atoms with van der Waals surface area (Å²) in [5.74, 6) is -0.363. The predicted molar refractivity (Wildman–Crippen MR) is 61.3 cm³/mol. The molecular weight excluding hydrogens is 188 g/mol. The third-order valence-electron chi connectivity index (χ3n) is 2.35. The molecule has 0 aliphatic carbocycles. The second kappa shape index (κ2) is 5.47. The summed E-state index contributed by atoms with van der Waals surface area (Å²) < 4.78 is 0. The Morgan fingerprint density at radius 1 is 1.27 bits per heavy atom. The van der Waals surface area contributed by atoms with Crippen LogP contribution in [-0.2, 0) is 4.79 Å². The van der Waals surface area contributed by atoms with E-state index in [9.17, 15) is 9.90 Å². The molecule has 1 aromatic carbocycles. The zero-order valence-electron chi connectivity index (χ0n) is 9.05. The summed E-state index contributed by atoms with van der Waals surface area (Å²) in [5.41, 5.74) is 1.87. The second-order valence-electron chi connectivity index (χ2n) is 3.61. The van der Waals surface area contributed by atoms with Gasteiger partial charge in [-0.3, -0.25) is 0 Å². The Bertz CT molecular complexity index is 338. The first kappa shape index (κ1) is 11.7. The van der Waals surface area contributed by atoms with Gasteiger partial charge in [0, 0.05) is 5.92 Å². The number of rotatable bonds is 4. The molecule has 0 aliphatic heterocycles. The third kappa shape index (κ3) is 3.03. The minimum Gasteiger partial charge on any atom is -0.388 e. The Morgan fingerprint density at radius 3 is 2.33 bits per heavy atom. The molecule has 80 valence electrons. The lowest BCUT2D eigenvalue weighted by molar-refractivity contribution is -0.113. The van der Waals surface area contributed by atoms with Crippen LogP contribution < -0.4 is 0 Å². The molecule has 0 saturated carbocycles. The van der Waals surface area contributed by atoms with E-state index in [4.69, 9.17) is 0 Å². The van der Waals surface area contributed by atoms with Crippen LogP contribution in [0, 0.1) is 5.92 Å². The number of hydrogen-bond acceptors (Lipinski definition) is 2. The monoisotopic (exact) mass is 204 g/mol. The smallest absolute Gasteiger partial charge is 0.125 e. The zero-order valence-corrected chi connectivity index (χ0v) is 9.05. The van der Waals surface area contributed by atoms with Crippen LogP contribution in [0.2, 0.25) is 0 Å². The molecule has 0 aromatic heterocycles. The fourth-order valence-electron chi connectivity index (χ4n) is 1.37. The van der Waals surface area contributed by atoms with Gasteiger partial charge in [-0.05, 0) is 18.1 Å². The van der Waals surface area contributed by atoms with E-state index >= 15 is 0 Å². The lowest BCUT2D eigenvalue weighted by Crippen LogP contribution is -2.09. The number of aliphatic hydroxyl groups excluding tert-OH is 1. The summed E-state index contributed by atoms with van der Waals surface area (Å²) in [5, 5.41) is 9.76. The van der Waals surface area contributed by atoms with Crippen molar-refractivity contribution in [2.45, 2.75) is 20.0 Å². The van der Waals surface area contributed by atoms with E-state index in [0.717, 1.165) is 17.4 Å². The number of carbonyl (C=O) groups excluding carboxylic acids is 1. The van der Waals surface area contributed by atoms with Crippen molar-refractivity contribution in [3.8, 4) is 0 Å². The topological polar surface area (TPSA) is 37.3 Å². The molecule has 0 aliphatic rings. The molecule has 0 saturated heterocycles. The molecule has 0 bridgehead atoms. The van der Waals surface area contributed by atoms with Crippen LogP contribution in [-0.4, -0.2) is 11.4 Å². The van der Waals surface area contributed by atoms with Crippen molar-refractivity contribution in [1.29, 1.82) is 0 Å². The minimum atomic E-state index is -0.706. The van der Waals surface area contributed by atoms with Gasteiger partial charge in [-0.15, -0.1) is 0 Å². The summed E-state index contributed by atoms with van der Waals surface area (Å²) in [6.07, 6.45) is 4.01. The molecular formula is C13H16O2. The molecule has 1 aromatic rings. The number of benzene rings is 1. The van der Waals surface area contributed by atoms with E-state index in [-0.39, 0.29) is 5.92 Å². The first-order valence-electron chi connectivity index (χ1n) is 5.05. The van der Waals surface area contributed by atoms with Crippen molar-refractivity contribution in [2.24, 2.45) is 5.92 Å². The Morgan fingerprint density at radius 2 is 1.87 bits per heavy atom. The lowest BCUT2D eigenvalue weighted by Gasteiger charge is -2.13. The number of hydrogen-bond donors (Lipinski definition) is 1. The summed E-state index contributed by atoms with van der Waals surface area (Å²) in [7, 11) is 0. The predicted octanol–water partition coefficient (Wildman–Crippen LogP) is 2.59. The normalized spacial score (nSPS) is 15.1. The molecule has 0 heterocycles. The molecule has 0 amide bonds. The van der Waals surface area contributed by atoms with Gasteiger partial charge >= 0.3 is 0 Å². The summed E-state index contributed by atoms with van der Waals surface area (Å²) in [4.78, 5) is 10.5. The van der Waals surface area contributed by atoms with E-state index in [2.05, 4.69) is 0 Å². The van der Waals surface area contributed by atoms with Crippen LogP contribution in [0.5, 0.6) is 0 Å². The van der Waals surface area contributed by atoms with Crippen LogP contribution in [0.4, 0.5) is 0 Å². The number of aldehydes is 1. The van der Waals surface area contributed by atoms with Gasteiger partial charge in [0.25, 0.3) is 0 Å². The van der Waals surface area contributed by atoms with E-state index in [1.165, 1.54) is 0 Å². The molecule has 2 nitrogen and oxygen atoms in total. The molecule has 0 spiro atoms. The molecule has 1 rings (SSSR count). The highest BCUT2D eigenvalue weighted by Gasteiger charge is 2.14. The lowest BCUT2D eigenvalue weighted by atomic mass is 9.98. The van der Waals surface area contributed by atoms with Gasteiger partial charge in [0.15, 0.2) is 0 Å². The van der Waals surface area contributed by atoms with Crippen molar-refractivity contribution < 1.29 is 9.90 Å². The standard InChI is InChI=1S/C13H16O2/c1-3-4-11-5-7-12(8-6-11)13(15)10(2)9-14/h3-10,13,15H,1-2H3. The summed E-state index contributed by atoms with van der Waals surface area (Å²) in [6, 6.07) is 7.55. The Kier molecular flexibility index (Phi) is 4.25. The van der Waals surface area contributed by atoms with E-state index in [1.807, 2.05) is 43.3 Å². The van der Waals surface area contributed by atoms with E-state index in [1.54, 1.807) is 6.92 Å². The molecule has 2 atom stereocenters. The van der Waals surface area contributed by atoms with Gasteiger partial charge in [0.2, 0.25) is 0 Å². The van der Waals surface area contributed by atoms with Crippen molar-refractivity contribution in [3.05, 3.63) is 41.5 Å². The summed E-state index contributed by atoms with van der Waals surface area (Å²) in [6.45, 7) is 3.66. The SMILES string of the molecule is CC=Cc1ccc(C(O)C(C)C=O)cc1. The number of allylic oxidation sites excluding steroid dienone is 1. The highest BCUT2D eigenvalue weighted by Crippen LogP contribution is 2.20. The maximum atomic E-state index is 10.5. The van der Waals surface area contributed by atoms with Crippen molar-refractivity contribution in [2.75, 3.05) is 0 Å². The average molecular weight is 204 g/mol. The maximum Gasteiger partial charge on any atom is 0.125 e. The number of aliphatic hydroxyl groups is 1. The van der Waals surface area contributed by atoms with Gasteiger partial charge in [-0.25, -0.2) is 0 Å². The molecule has 0 fully saturated rings. The van der Waals surface area contributed by atoms with Crippen LogP contribution in [0.15, 0.2) is 30.3 Å². The highest BCUT2D eigenvalue weighted by molar-refractivity contribution is 5.55. The largest absolute Gasteiger partial charge is 0.388 e. The summed E-state index contributed by atoms with van der Waals surface area (Å²) >= 11 is 0. The van der Waals surface area contributed by atoms with Gasteiger partial charge < -0.3 is 9.90 Å². The Balaban J connectivity index is 2.83. The Labute approximate surface area is 90.3 Å². The van der Waals surface area contributed by atoms with Gasteiger partial charge in [-0.2, -0.15) is 0 Å². The van der Waals surface area contributed by atoms with Crippen LogP contribution in [0.25, 0.3) is 6.08 Å². The van der Waals surface area contributed by atoms with Crippen molar-refractivity contribution in [1.82, 2.24) is 0 Å². The van der Waals surface area contributed by atoms with E-state index < -0.39 is 6.10 Å². The van der Waals surface area contributed by atoms with Gasteiger partial charge in [0.1, 0.15) is 6.29 Å². The zero-order chi connectivity index (χ0) is 11.3. The molecule has 0 radical (unpaired) electrons. The molecule has 2 unspecified atom stereocenters. The fraction of sp³-hybridized carbons (Fsp3) is 0.308. The maximum absolute atomic E-state index is 10.5. The van der Waals surface area contributed by atoms with Crippen LogP contribution in [0.1, 0.15) is 31.1 Å². The van der Waals surface area contributed by atoms with Crippen molar-refractivity contribution >= 4 is 12.4 Å². The van der Waals surface area contributed by atoms with E-state index in [0.29, 0.717) is 0 Å². The fourth-order valence-corrected chi connectivity index (χ4v) is 1.37. The molecule has 15 heavy (non-hydrogen) atoms. The minimum absolute atomic E-state index is 0.363. The quantitative estimate of drug-likeness (QED) is 0.765. The number of carbonyl (C=O) groups is 1. The average Bonchev–Trinajstić information content (AvgIpc) is 2.28. The molecule has 1 N–H and O–H groups in total. The molecule has 2 heteroatoms. The van der Waals surface area contributed by atoms with Gasteiger partial charge in [0.05, 0.1) is 6.10 Å².